The first-order valence-electron chi connectivity index (χ1n) is 7.76. The summed E-state index contributed by atoms with van der Waals surface area (Å²) in [6, 6.07) is 9.75. The van der Waals surface area contributed by atoms with Crippen LogP contribution in [-0.2, 0) is 0 Å². The number of hydrogen-bond donors (Lipinski definition) is 1. The van der Waals surface area contributed by atoms with Gasteiger partial charge in [0.1, 0.15) is 12.4 Å². The van der Waals surface area contributed by atoms with Crippen LogP contribution in [0, 0.1) is 12.8 Å². The Morgan fingerprint density at radius 1 is 1.30 bits per heavy atom. The minimum absolute atomic E-state index is 0.301. The number of aliphatic imine (C=N–C) groups is 2. The number of anilines is 1. The van der Waals surface area contributed by atoms with E-state index in [1.54, 1.807) is 4.68 Å². The molecule has 0 radical (unpaired) electrons. The molecule has 0 saturated heterocycles. The monoisotopic (exact) mass is 311 g/mol. The van der Waals surface area contributed by atoms with Gasteiger partial charge < -0.3 is 10.5 Å². The van der Waals surface area contributed by atoms with Gasteiger partial charge in [-0.25, -0.2) is 9.67 Å². The number of nitrogens with two attached hydrogens (primary N) is 1. The maximum atomic E-state index is 6.15. The predicted molar refractivity (Wildman–Crippen MR) is 92.8 cm³/mol. The quantitative estimate of drug-likeness (QED) is 0.943. The van der Waals surface area contributed by atoms with Gasteiger partial charge in [-0.3, -0.25) is 4.99 Å². The van der Waals surface area contributed by atoms with Gasteiger partial charge in [0.05, 0.1) is 11.3 Å². The molecule has 0 fully saturated rings. The molecular weight excluding hydrogens is 290 g/mol. The molecule has 0 bridgehead atoms. The molecule has 0 aliphatic carbocycles. The molecule has 0 amide bonds. The Morgan fingerprint density at radius 2 is 2.09 bits per heavy atom. The zero-order valence-electron chi connectivity index (χ0n) is 13.4. The minimum atomic E-state index is 0.301. The molecule has 2 aromatic rings. The summed E-state index contributed by atoms with van der Waals surface area (Å²) >= 11 is 0. The van der Waals surface area contributed by atoms with Gasteiger partial charge in [0.15, 0.2) is 5.84 Å². The third-order valence-corrected chi connectivity index (χ3v) is 3.82. The topological polar surface area (TPSA) is 77.8 Å². The van der Waals surface area contributed by atoms with Gasteiger partial charge in [-0.15, -0.1) is 5.10 Å². The highest BCUT2D eigenvalue weighted by Crippen LogP contribution is 2.25. The highest BCUT2D eigenvalue weighted by Gasteiger charge is 2.15. The Bertz CT molecular complexity index is 733. The van der Waals surface area contributed by atoms with E-state index in [1.807, 2.05) is 43.5 Å². The van der Waals surface area contributed by atoms with Crippen molar-refractivity contribution in [1.82, 2.24) is 9.78 Å². The first-order valence-corrected chi connectivity index (χ1v) is 7.76. The fourth-order valence-electron chi connectivity index (χ4n) is 2.33. The first kappa shape index (κ1) is 15.3. The highest BCUT2D eigenvalue weighted by molar-refractivity contribution is 5.91. The van der Waals surface area contributed by atoms with Crippen molar-refractivity contribution in [3.8, 4) is 11.6 Å². The smallest absolute Gasteiger partial charge is 0.238 e. The second kappa shape index (κ2) is 6.64. The number of rotatable bonds is 4. The van der Waals surface area contributed by atoms with E-state index in [1.165, 1.54) is 0 Å². The van der Waals surface area contributed by atoms with Gasteiger partial charge in [0.2, 0.25) is 5.88 Å². The third kappa shape index (κ3) is 3.41. The Morgan fingerprint density at radius 3 is 2.87 bits per heavy atom. The van der Waals surface area contributed by atoms with Crippen LogP contribution in [0.15, 0.2) is 40.3 Å². The highest BCUT2D eigenvalue weighted by atomic mass is 16.5. The van der Waals surface area contributed by atoms with E-state index in [-0.39, 0.29) is 0 Å². The molecule has 1 atom stereocenters. The van der Waals surface area contributed by atoms with E-state index in [4.69, 9.17) is 10.5 Å². The summed E-state index contributed by atoms with van der Waals surface area (Å²) in [5.74, 6) is 2.24. The van der Waals surface area contributed by atoms with Crippen LogP contribution >= 0.6 is 0 Å². The van der Waals surface area contributed by atoms with E-state index < -0.39 is 0 Å². The Hall–Kier alpha value is -2.63. The molecule has 120 valence electrons. The Balaban J connectivity index is 1.77. The third-order valence-electron chi connectivity index (χ3n) is 3.82. The molecule has 0 spiro atoms. The van der Waals surface area contributed by atoms with Crippen LogP contribution in [0.4, 0.5) is 5.82 Å². The van der Waals surface area contributed by atoms with E-state index in [2.05, 4.69) is 22.0 Å². The number of nitrogen functional groups attached to an aromatic ring is 1. The van der Waals surface area contributed by atoms with Gasteiger partial charge >= 0.3 is 0 Å². The number of ether oxygens (including phenoxy) is 1. The second-order valence-electron chi connectivity index (χ2n) is 5.69. The number of nitrogens with zero attached hydrogens (tertiary/aromatic N) is 4. The molecular formula is C17H21N5O. The van der Waals surface area contributed by atoms with Crippen LogP contribution < -0.4 is 10.5 Å². The van der Waals surface area contributed by atoms with Crippen LogP contribution in [0.2, 0.25) is 0 Å². The molecule has 1 aliphatic heterocycles. The van der Waals surface area contributed by atoms with Crippen LogP contribution in [0.5, 0.6) is 5.88 Å². The molecule has 1 aromatic heterocycles. The molecule has 0 saturated carbocycles. The van der Waals surface area contributed by atoms with E-state index in [0.29, 0.717) is 30.1 Å². The minimum Gasteiger partial charge on any atom is -0.468 e. The molecule has 3 rings (SSSR count). The van der Waals surface area contributed by atoms with Gasteiger partial charge in [0, 0.05) is 12.8 Å². The lowest BCUT2D eigenvalue weighted by Gasteiger charge is -2.03. The van der Waals surface area contributed by atoms with E-state index in [0.717, 1.165) is 24.2 Å². The molecule has 6 heteroatoms. The zero-order chi connectivity index (χ0) is 16.2. The summed E-state index contributed by atoms with van der Waals surface area (Å²) in [6.07, 6.45) is 2.95. The second-order valence-corrected chi connectivity index (χ2v) is 5.69. The summed E-state index contributed by atoms with van der Waals surface area (Å²) in [4.78, 5) is 8.80. The number of benzene rings is 1. The number of para-hydroxylation sites is 1. The van der Waals surface area contributed by atoms with E-state index >= 15 is 0 Å². The standard InChI is InChI=1S/C17H21N5O/c1-12-8-9-19-15(20-10-12)11-23-17-13(2)16(18)22(21-17)14-6-4-3-5-7-14/h3-7,10,12H,8-9,11,18H2,1-2H3. The van der Waals surface area contributed by atoms with Crippen molar-refractivity contribution >= 4 is 17.9 Å². The summed E-state index contributed by atoms with van der Waals surface area (Å²) in [5.41, 5.74) is 7.87. The molecule has 1 aromatic carbocycles. The van der Waals surface area contributed by atoms with Gasteiger partial charge in [0.25, 0.3) is 0 Å². The SMILES string of the molecule is Cc1c(OCC2=NCCC(C)C=N2)nn(-c2ccccc2)c1N. The first-order chi connectivity index (χ1) is 11.1. The summed E-state index contributed by atoms with van der Waals surface area (Å²) in [6.45, 7) is 5.11. The molecule has 1 unspecified atom stereocenters. The maximum absolute atomic E-state index is 6.15. The van der Waals surface area contributed by atoms with Crippen molar-refractivity contribution < 1.29 is 4.74 Å². The fourth-order valence-corrected chi connectivity index (χ4v) is 2.33. The van der Waals surface area contributed by atoms with Crippen molar-refractivity contribution in [1.29, 1.82) is 0 Å². The molecule has 6 nitrogen and oxygen atoms in total. The fraction of sp³-hybridized carbons (Fsp3) is 0.353. The molecule has 2 heterocycles. The maximum Gasteiger partial charge on any atom is 0.238 e. The lowest BCUT2D eigenvalue weighted by Crippen LogP contribution is -2.10. The molecule has 2 N–H and O–H groups in total. The normalized spacial score (nSPS) is 17.7. The zero-order valence-corrected chi connectivity index (χ0v) is 13.4. The lowest BCUT2D eigenvalue weighted by molar-refractivity contribution is 0.355. The van der Waals surface area contributed by atoms with Crippen LogP contribution in [-0.4, -0.2) is 35.0 Å². The summed E-state index contributed by atoms with van der Waals surface area (Å²) < 4.78 is 7.48. The number of hydrogen-bond acceptors (Lipinski definition) is 5. The van der Waals surface area contributed by atoms with Crippen LogP contribution in [0.3, 0.4) is 0 Å². The summed E-state index contributed by atoms with van der Waals surface area (Å²) in [5, 5.41) is 4.46. The van der Waals surface area contributed by atoms with Gasteiger partial charge in [-0.1, -0.05) is 25.1 Å². The predicted octanol–water partition coefficient (Wildman–Crippen LogP) is 2.65. The van der Waals surface area contributed by atoms with Gasteiger partial charge in [-0.05, 0) is 31.4 Å². The number of aromatic nitrogens is 2. The van der Waals surface area contributed by atoms with Crippen molar-refractivity contribution in [3.05, 3.63) is 35.9 Å². The van der Waals surface area contributed by atoms with E-state index in [9.17, 15) is 0 Å². The van der Waals surface area contributed by atoms with Crippen molar-refractivity contribution in [2.45, 2.75) is 20.3 Å². The number of amidine groups is 1. The van der Waals surface area contributed by atoms with Gasteiger partial charge in [-0.2, -0.15) is 0 Å². The summed E-state index contributed by atoms with van der Waals surface area (Å²) in [7, 11) is 0. The average Bonchev–Trinajstić information content (AvgIpc) is 2.73. The van der Waals surface area contributed by atoms with Crippen molar-refractivity contribution in [2.24, 2.45) is 15.9 Å². The molecule has 1 aliphatic rings. The Labute approximate surface area is 135 Å². The Kier molecular flexibility index (Phi) is 4.41. The van der Waals surface area contributed by atoms with Crippen LogP contribution in [0.25, 0.3) is 5.69 Å². The molecule has 23 heavy (non-hydrogen) atoms. The average molecular weight is 311 g/mol. The van der Waals surface area contributed by atoms with Crippen molar-refractivity contribution in [3.63, 3.8) is 0 Å². The lowest BCUT2D eigenvalue weighted by atomic mass is 10.1. The van der Waals surface area contributed by atoms with Crippen LogP contribution in [0.1, 0.15) is 18.9 Å². The largest absolute Gasteiger partial charge is 0.468 e. The van der Waals surface area contributed by atoms with Crippen molar-refractivity contribution in [2.75, 3.05) is 18.9 Å².